The van der Waals surface area contributed by atoms with Gasteiger partial charge in [0.1, 0.15) is 17.5 Å². The zero-order valence-corrected chi connectivity index (χ0v) is 35.1. The first-order chi connectivity index (χ1) is 27.9. The summed E-state index contributed by atoms with van der Waals surface area (Å²) in [6.45, 7) is 15.5. The molecule has 1 aromatic carbocycles. The van der Waals surface area contributed by atoms with Gasteiger partial charge in [0.25, 0.3) is 0 Å². The fraction of sp³-hybridized carbons (Fsp3) is 0.545. The molecule has 7 aliphatic rings. The van der Waals surface area contributed by atoms with Crippen LogP contribution in [0.4, 0.5) is 10.9 Å². The van der Waals surface area contributed by atoms with E-state index in [1.54, 1.807) is 11.3 Å². The third kappa shape index (κ3) is 7.37. The highest BCUT2D eigenvalue weighted by atomic mass is 32.1. The van der Waals surface area contributed by atoms with Crippen LogP contribution in [0.15, 0.2) is 70.4 Å². The SMILES string of the molecule is CC(=NCC12CC3(C)CC(C)(C1)CC(OCCN1CCOCC1)(C3)C2)/C(=C\N)c1ccc(N2CCCC3=C2NNC(Nc2nc4ccccc4s2)=C3C)nc1C(=O)O. The number of ether oxygens (including phenoxy) is 2. The molecule has 14 heteroatoms. The second kappa shape index (κ2) is 15.0. The second-order valence-electron chi connectivity index (χ2n) is 18.5. The van der Waals surface area contributed by atoms with E-state index >= 15 is 0 Å². The molecule has 0 spiro atoms. The number of allylic oxidation sites excluding steroid dienone is 3. The predicted molar refractivity (Wildman–Crippen MR) is 229 cm³/mol. The van der Waals surface area contributed by atoms with Gasteiger partial charge in [-0.15, -0.1) is 0 Å². The van der Waals surface area contributed by atoms with Crippen LogP contribution in [0.1, 0.15) is 95.1 Å². The third-order valence-electron chi connectivity index (χ3n) is 13.5. The smallest absolute Gasteiger partial charge is 0.355 e. The summed E-state index contributed by atoms with van der Waals surface area (Å²) < 4.78 is 13.6. The van der Waals surface area contributed by atoms with Crippen molar-refractivity contribution in [3.63, 3.8) is 0 Å². The van der Waals surface area contributed by atoms with Crippen molar-refractivity contribution in [3.05, 3.63) is 76.6 Å². The maximum atomic E-state index is 12.9. The van der Waals surface area contributed by atoms with Gasteiger partial charge in [-0.3, -0.25) is 20.7 Å². The number of rotatable bonds is 12. The first kappa shape index (κ1) is 39.0. The number of carboxylic acid groups (broad SMARTS) is 1. The Morgan fingerprint density at radius 3 is 2.57 bits per heavy atom. The Hall–Kier alpha value is -4.50. The minimum Gasteiger partial charge on any atom is -0.476 e. The van der Waals surface area contributed by atoms with E-state index in [2.05, 4.69) is 52.8 Å². The van der Waals surface area contributed by atoms with E-state index in [0.29, 0.717) is 30.0 Å². The Morgan fingerprint density at radius 2 is 1.83 bits per heavy atom. The van der Waals surface area contributed by atoms with E-state index in [-0.39, 0.29) is 27.5 Å². The Morgan fingerprint density at radius 1 is 1.05 bits per heavy atom. The van der Waals surface area contributed by atoms with Gasteiger partial charge in [0.15, 0.2) is 10.8 Å². The third-order valence-corrected chi connectivity index (χ3v) is 14.4. The molecule has 10 rings (SSSR count). The number of hydrogen-bond acceptors (Lipinski definition) is 13. The number of benzene rings is 1. The van der Waals surface area contributed by atoms with Crippen LogP contribution in [0.25, 0.3) is 15.8 Å². The summed E-state index contributed by atoms with van der Waals surface area (Å²) in [6, 6.07) is 11.8. The van der Waals surface area contributed by atoms with Gasteiger partial charge in [-0.1, -0.05) is 37.3 Å². The summed E-state index contributed by atoms with van der Waals surface area (Å²) in [7, 11) is 0. The fourth-order valence-electron chi connectivity index (χ4n) is 12.2. The molecule has 1 saturated heterocycles. The van der Waals surface area contributed by atoms with E-state index in [1.807, 2.05) is 37.3 Å². The van der Waals surface area contributed by atoms with Gasteiger partial charge >= 0.3 is 5.97 Å². The molecular formula is C44H57N9O4S. The topological polar surface area (TPSA) is 162 Å². The van der Waals surface area contributed by atoms with E-state index in [1.165, 1.54) is 12.6 Å². The van der Waals surface area contributed by atoms with Crippen molar-refractivity contribution in [3.8, 4) is 0 Å². The molecule has 0 radical (unpaired) electrons. The van der Waals surface area contributed by atoms with Gasteiger partial charge in [0.2, 0.25) is 0 Å². The number of thiazole rings is 1. The molecule has 13 nitrogen and oxygen atoms in total. The van der Waals surface area contributed by atoms with Gasteiger partial charge < -0.3 is 30.5 Å². The quantitative estimate of drug-likeness (QED) is 0.121. The largest absolute Gasteiger partial charge is 0.476 e. The monoisotopic (exact) mass is 807 g/mol. The fourth-order valence-corrected chi connectivity index (χ4v) is 13.1. The van der Waals surface area contributed by atoms with E-state index < -0.39 is 5.97 Å². The summed E-state index contributed by atoms with van der Waals surface area (Å²) in [5.74, 6) is 1.15. The number of aromatic carboxylic acids is 1. The summed E-state index contributed by atoms with van der Waals surface area (Å²) in [6.07, 6.45) is 9.96. The first-order valence-electron chi connectivity index (χ1n) is 20.9. The molecule has 2 aromatic heterocycles. The van der Waals surface area contributed by atoms with Gasteiger partial charge in [0.05, 0.1) is 35.6 Å². The average Bonchev–Trinajstić information content (AvgIpc) is 3.60. The van der Waals surface area contributed by atoms with Crippen molar-refractivity contribution < 1.29 is 19.4 Å². The van der Waals surface area contributed by atoms with Gasteiger partial charge in [-0.2, -0.15) is 0 Å². The molecule has 58 heavy (non-hydrogen) atoms. The maximum Gasteiger partial charge on any atom is 0.355 e. The van der Waals surface area contributed by atoms with Crippen molar-refractivity contribution in [1.29, 1.82) is 0 Å². The van der Waals surface area contributed by atoms with Crippen molar-refractivity contribution in [2.45, 2.75) is 84.7 Å². The Labute approximate surface area is 344 Å². The molecule has 5 fully saturated rings. The number of nitrogens with one attached hydrogen (secondary N) is 3. The maximum absolute atomic E-state index is 12.9. The van der Waals surface area contributed by atoms with Crippen LogP contribution in [-0.4, -0.2) is 89.8 Å². The van der Waals surface area contributed by atoms with E-state index in [0.717, 1.165) is 128 Å². The number of carboxylic acids is 1. The highest BCUT2D eigenvalue weighted by molar-refractivity contribution is 7.22. The second-order valence-corrected chi connectivity index (χ2v) is 19.5. The summed E-state index contributed by atoms with van der Waals surface area (Å²) >= 11 is 1.61. The minimum absolute atomic E-state index is 0.0208. The minimum atomic E-state index is -1.11. The summed E-state index contributed by atoms with van der Waals surface area (Å²) in [4.78, 5) is 32.2. The van der Waals surface area contributed by atoms with Crippen LogP contribution in [0.5, 0.6) is 0 Å². The number of carbonyl (C=O) groups is 1. The van der Waals surface area contributed by atoms with Crippen molar-refractivity contribution >= 4 is 49.8 Å². The van der Waals surface area contributed by atoms with Crippen molar-refractivity contribution in [1.82, 2.24) is 25.7 Å². The number of hydrogen-bond donors (Lipinski definition) is 5. The number of nitrogens with two attached hydrogens (primary N) is 1. The number of hydrazine groups is 1. The zero-order valence-electron chi connectivity index (χ0n) is 34.2. The molecule has 308 valence electrons. The molecule has 2 atom stereocenters. The van der Waals surface area contributed by atoms with Gasteiger partial charge in [-0.25, -0.2) is 14.8 Å². The summed E-state index contributed by atoms with van der Waals surface area (Å²) in [5.41, 5.74) is 18.2. The highest BCUT2D eigenvalue weighted by Crippen LogP contribution is 2.71. The molecule has 4 bridgehead atoms. The van der Waals surface area contributed by atoms with Crippen LogP contribution in [-0.2, 0) is 9.47 Å². The lowest BCUT2D eigenvalue weighted by molar-refractivity contribution is -0.243. The standard InChI is InChI=1S/C44H57N9O4S/c1-28-30-8-7-13-53(38(30)51-50-37(28)49-40-47-33-9-5-6-10-34(33)58-40)35-12-11-31(36(48-35)39(54)55)32(20-45)29(2)46-27-43-22-41(3)21-42(4,23-43)25-44(24-41,26-43)57-19-16-52-14-17-56-18-15-52/h5-6,9-12,20,50-51H,7-8,13-19,21-27,45H2,1-4H3,(H,47,49)(H,54,55)/b32-20+,46-29?. The number of morpholine rings is 1. The van der Waals surface area contributed by atoms with Crippen LogP contribution in [0, 0.1) is 16.2 Å². The molecule has 0 amide bonds. The summed E-state index contributed by atoms with van der Waals surface area (Å²) in [5, 5.41) is 14.8. The lowest BCUT2D eigenvalue weighted by atomic mass is 9.39. The Bertz CT molecular complexity index is 2190. The normalized spacial score (nSPS) is 30.1. The molecule has 5 heterocycles. The number of aromatic nitrogens is 2. The molecule has 3 aromatic rings. The number of fused-ring (bicyclic) bond motifs is 1. The highest BCUT2D eigenvalue weighted by Gasteiger charge is 2.66. The number of nitrogens with zero attached hydrogens (tertiary/aromatic N) is 5. The first-order valence-corrected chi connectivity index (χ1v) is 21.7. The van der Waals surface area contributed by atoms with Gasteiger partial charge in [0, 0.05) is 61.3 Å². The molecule has 3 aliphatic heterocycles. The van der Waals surface area contributed by atoms with E-state index in [4.69, 9.17) is 30.2 Å². The molecule has 4 aliphatic carbocycles. The van der Waals surface area contributed by atoms with E-state index in [9.17, 15) is 9.90 Å². The van der Waals surface area contributed by atoms with Crippen LogP contribution in [0.3, 0.4) is 0 Å². The molecular weight excluding hydrogens is 751 g/mol. The van der Waals surface area contributed by atoms with Gasteiger partial charge in [-0.05, 0) is 111 Å². The number of para-hydroxylation sites is 1. The van der Waals surface area contributed by atoms with Crippen molar-refractivity contribution in [2.75, 3.05) is 62.8 Å². The molecule has 6 N–H and O–H groups in total. The predicted octanol–water partition coefficient (Wildman–Crippen LogP) is 6.88. The van der Waals surface area contributed by atoms with Crippen molar-refractivity contribution in [2.24, 2.45) is 27.0 Å². The number of aliphatic imine (C=N–C) groups is 1. The number of pyridine rings is 1. The molecule has 2 unspecified atom stereocenters. The lowest BCUT2D eigenvalue weighted by Gasteiger charge is -2.69. The average molecular weight is 808 g/mol. The van der Waals surface area contributed by atoms with Crippen LogP contribution >= 0.6 is 11.3 Å². The Kier molecular flexibility index (Phi) is 10.1. The van der Waals surface area contributed by atoms with Crippen LogP contribution < -0.4 is 26.8 Å². The van der Waals surface area contributed by atoms with Crippen LogP contribution in [0.2, 0.25) is 0 Å². The Balaban J connectivity index is 0.938. The number of anilines is 2. The lowest BCUT2D eigenvalue weighted by Crippen LogP contribution is -2.64. The zero-order chi connectivity index (χ0) is 40.3. The molecule has 4 saturated carbocycles.